The highest BCUT2D eigenvalue weighted by Gasteiger charge is 2.18. The zero-order valence-electron chi connectivity index (χ0n) is 12.0. The lowest BCUT2D eigenvalue weighted by molar-refractivity contribution is 0.0198. The van der Waals surface area contributed by atoms with Crippen LogP contribution >= 0.6 is 0 Å². The monoisotopic (exact) mass is 298 g/mol. The van der Waals surface area contributed by atoms with Crippen LogP contribution in [0, 0.1) is 0 Å². The van der Waals surface area contributed by atoms with Gasteiger partial charge in [0, 0.05) is 24.8 Å². The van der Waals surface area contributed by atoms with Gasteiger partial charge in [0.05, 0.1) is 19.0 Å². The van der Waals surface area contributed by atoms with Gasteiger partial charge in [-0.25, -0.2) is 8.42 Å². The van der Waals surface area contributed by atoms with Crippen molar-refractivity contribution in [2.75, 3.05) is 36.8 Å². The SMILES string of the molecule is CCS(=O)(=O)Nc1ccc([C@H](C)N2CCOCC2)cc1. The Morgan fingerprint density at radius 3 is 2.40 bits per heavy atom. The summed E-state index contributed by atoms with van der Waals surface area (Å²) < 4.78 is 30.9. The van der Waals surface area contributed by atoms with Gasteiger partial charge in [-0.15, -0.1) is 0 Å². The molecule has 0 bridgehead atoms. The first kappa shape index (κ1) is 15.3. The predicted molar refractivity (Wildman–Crippen MR) is 80.3 cm³/mol. The molecule has 1 aliphatic heterocycles. The van der Waals surface area contributed by atoms with Gasteiger partial charge < -0.3 is 4.74 Å². The molecular formula is C14H22N2O3S. The molecule has 2 rings (SSSR count). The third-order valence-electron chi connectivity index (χ3n) is 3.64. The van der Waals surface area contributed by atoms with Crippen LogP contribution in [-0.4, -0.2) is 45.4 Å². The van der Waals surface area contributed by atoms with Gasteiger partial charge in [0.25, 0.3) is 0 Å². The molecule has 1 atom stereocenters. The van der Waals surface area contributed by atoms with Crippen molar-refractivity contribution in [2.24, 2.45) is 0 Å². The van der Waals surface area contributed by atoms with E-state index in [4.69, 9.17) is 4.74 Å². The van der Waals surface area contributed by atoms with Crippen LogP contribution in [0.3, 0.4) is 0 Å². The molecule has 0 amide bonds. The van der Waals surface area contributed by atoms with Crippen molar-refractivity contribution >= 4 is 15.7 Å². The van der Waals surface area contributed by atoms with E-state index in [9.17, 15) is 8.42 Å². The third-order valence-corrected chi connectivity index (χ3v) is 4.95. The van der Waals surface area contributed by atoms with Gasteiger partial charge in [-0.2, -0.15) is 0 Å². The molecule has 0 spiro atoms. The van der Waals surface area contributed by atoms with Crippen molar-refractivity contribution in [3.63, 3.8) is 0 Å². The van der Waals surface area contributed by atoms with E-state index in [1.807, 2.05) is 24.3 Å². The number of hydrogen-bond acceptors (Lipinski definition) is 4. The second-order valence-corrected chi connectivity index (χ2v) is 6.96. The lowest BCUT2D eigenvalue weighted by atomic mass is 10.1. The third kappa shape index (κ3) is 3.94. The minimum atomic E-state index is -3.20. The van der Waals surface area contributed by atoms with Crippen molar-refractivity contribution < 1.29 is 13.2 Å². The van der Waals surface area contributed by atoms with Gasteiger partial charge in [0.15, 0.2) is 0 Å². The smallest absolute Gasteiger partial charge is 0.232 e. The molecule has 1 fully saturated rings. The number of sulfonamides is 1. The minimum Gasteiger partial charge on any atom is -0.379 e. The van der Waals surface area contributed by atoms with Crippen LogP contribution < -0.4 is 4.72 Å². The fraction of sp³-hybridized carbons (Fsp3) is 0.571. The molecular weight excluding hydrogens is 276 g/mol. The molecule has 5 nitrogen and oxygen atoms in total. The van der Waals surface area contributed by atoms with Gasteiger partial charge in [-0.3, -0.25) is 9.62 Å². The maximum Gasteiger partial charge on any atom is 0.232 e. The number of ether oxygens (including phenoxy) is 1. The first-order valence-electron chi connectivity index (χ1n) is 6.94. The van der Waals surface area contributed by atoms with E-state index >= 15 is 0 Å². The summed E-state index contributed by atoms with van der Waals surface area (Å²) in [6, 6.07) is 7.91. The summed E-state index contributed by atoms with van der Waals surface area (Å²) in [4.78, 5) is 2.37. The number of nitrogens with one attached hydrogen (secondary N) is 1. The largest absolute Gasteiger partial charge is 0.379 e. The molecule has 0 radical (unpaired) electrons. The first-order valence-corrected chi connectivity index (χ1v) is 8.59. The first-order chi connectivity index (χ1) is 9.52. The molecule has 1 heterocycles. The van der Waals surface area contributed by atoms with Gasteiger partial charge in [-0.05, 0) is 31.5 Å². The van der Waals surface area contributed by atoms with Crippen LogP contribution in [0.15, 0.2) is 24.3 Å². The van der Waals surface area contributed by atoms with Gasteiger partial charge in [-0.1, -0.05) is 12.1 Å². The number of anilines is 1. The Morgan fingerprint density at radius 2 is 1.85 bits per heavy atom. The van der Waals surface area contributed by atoms with Crippen LogP contribution in [0.4, 0.5) is 5.69 Å². The van der Waals surface area contributed by atoms with Crippen molar-refractivity contribution in [1.82, 2.24) is 4.90 Å². The van der Waals surface area contributed by atoms with Gasteiger partial charge in [0.1, 0.15) is 0 Å². The zero-order valence-corrected chi connectivity index (χ0v) is 12.8. The Bertz CT molecular complexity index is 522. The molecule has 1 aromatic carbocycles. The molecule has 112 valence electrons. The van der Waals surface area contributed by atoms with Crippen molar-refractivity contribution in [3.05, 3.63) is 29.8 Å². The molecule has 1 aromatic rings. The summed E-state index contributed by atoms with van der Waals surface area (Å²) in [5, 5.41) is 0. The summed E-state index contributed by atoms with van der Waals surface area (Å²) in [7, 11) is -3.20. The summed E-state index contributed by atoms with van der Waals surface area (Å²) in [6.07, 6.45) is 0. The number of nitrogens with zero attached hydrogens (tertiary/aromatic N) is 1. The maximum atomic E-state index is 11.5. The van der Waals surface area contributed by atoms with Crippen LogP contribution in [0.25, 0.3) is 0 Å². The fourth-order valence-electron chi connectivity index (χ4n) is 2.26. The highest BCUT2D eigenvalue weighted by Crippen LogP contribution is 2.23. The highest BCUT2D eigenvalue weighted by molar-refractivity contribution is 7.92. The normalized spacial score (nSPS) is 18.7. The van der Waals surface area contributed by atoms with Crippen LogP contribution in [0.2, 0.25) is 0 Å². The fourth-order valence-corrected chi connectivity index (χ4v) is 2.90. The average Bonchev–Trinajstić information content (AvgIpc) is 2.48. The number of rotatable bonds is 5. The van der Waals surface area contributed by atoms with E-state index in [-0.39, 0.29) is 5.75 Å². The van der Waals surface area contributed by atoms with Crippen LogP contribution in [0.5, 0.6) is 0 Å². The van der Waals surface area contributed by atoms with E-state index in [1.54, 1.807) is 6.92 Å². The number of morpholine rings is 1. The number of hydrogen-bond donors (Lipinski definition) is 1. The van der Waals surface area contributed by atoms with E-state index in [2.05, 4.69) is 16.5 Å². The molecule has 0 aliphatic carbocycles. The molecule has 1 N–H and O–H groups in total. The topological polar surface area (TPSA) is 58.6 Å². The maximum absolute atomic E-state index is 11.5. The van der Waals surface area contributed by atoms with Crippen LogP contribution in [0.1, 0.15) is 25.5 Å². The molecule has 0 aromatic heterocycles. The highest BCUT2D eigenvalue weighted by atomic mass is 32.2. The molecule has 0 unspecified atom stereocenters. The average molecular weight is 298 g/mol. The van der Waals surface area contributed by atoms with Crippen molar-refractivity contribution in [3.8, 4) is 0 Å². The number of benzene rings is 1. The minimum absolute atomic E-state index is 0.0823. The Balaban J connectivity index is 2.03. The zero-order chi connectivity index (χ0) is 14.6. The second-order valence-electron chi connectivity index (χ2n) is 4.95. The van der Waals surface area contributed by atoms with Crippen molar-refractivity contribution in [1.29, 1.82) is 0 Å². The molecule has 6 heteroatoms. The standard InChI is InChI=1S/C14H22N2O3S/c1-3-20(17,18)15-14-6-4-13(5-7-14)12(2)16-8-10-19-11-9-16/h4-7,12,15H,3,8-11H2,1-2H3/t12-/m0/s1. The molecule has 0 saturated carbocycles. The second kappa shape index (κ2) is 6.56. The summed E-state index contributed by atoms with van der Waals surface area (Å²) in [6.45, 7) is 7.21. The van der Waals surface area contributed by atoms with E-state index in [1.165, 1.54) is 5.56 Å². The Kier molecular flexibility index (Phi) is 5.01. The lowest BCUT2D eigenvalue weighted by Gasteiger charge is -2.32. The molecule has 20 heavy (non-hydrogen) atoms. The van der Waals surface area contributed by atoms with Gasteiger partial charge >= 0.3 is 0 Å². The van der Waals surface area contributed by atoms with Crippen LogP contribution in [-0.2, 0) is 14.8 Å². The summed E-state index contributed by atoms with van der Waals surface area (Å²) >= 11 is 0. The molecule has 1 aliphatic rings. The Morgan fingerprint density at radius 1 is 1.25 bits per heavy atom. The van der Waals surface area contributed by atoms with E-state index in [0.717, 1.165) is 26.3 Å². The summed E-state index contributed by atoms with van der Waals surface area (Å²) in [5.41, 5.74) is 1.80. The molecule has 1 saturated heterocycles. The predicted octanol–water partition coefficient (Wildman–Crippen LogP) is 1.84. The van der Waals surface area contributed by atoms with E-state index < -0.39 is 10.0 Å². The lowest BCUT2D eigenvalue weighted by Crippen LogP contribution is -2.37. The Labute approximate surface area is 121 Å². The Hall–Kier alpha value is -1.11. The van der Waals surface area contributed by atoms with E-state index in [0.29, 0.717) is 11.7 Å². The summed E-state index contributed by atoms with van der Waals surface area (Å²) in [5.74, 6) is 0.0823. The quantitative estimate of drug-likeness (QED) is 0.901. The van der Waals surface area contributed by atoms with Crippen molar-refractivity contribution in [2.45, 2.75) is 19.9 Å². The van der Waals surface area contributed by atoms with Gasteiger partial charge in [0.2, 0.25) is 10.0 Å².